The summed E-state index contributed by atoms with van der Waals surface area (Å²) < 4.78 is 17.6. The molecule has 0 spiro atoms. The third-order valence-corrected chi connectivity index (χ3v) is 3.61. The van der Waals surface area contributed by atoms with Crippen molar-refractivity contribution < 1.29 is 14.2 Å². The molecule has 0 heterocycles. The summed E-state index contributed by atoms with van der Waals surface area (Å²) >= 11 is 3.57. The molecule has 0 saturated carbocycles. The van der Waals surface area contributed by atoms with Crippen LogP contribution in [0.2, 0.25) is 0 Å². The maximum absolute atomic E-state index is 5.73. The average Bonchev–Trinajstić information content (AvgIpc) is 2.48. The standard InChI is InChI=1S/C17H28BrNO3/c1-5-8-22-17-15(18)10-14(11-16(17)20-4)12-19-7-6-9-21-13(2)3/h10-11,13,19H,5-9,12H2,1-4H3. The molecule has 4 nitrogen and oxygen atoms in total. The van der Waals surface area contributed by atoms with Crippen LogP contribution >= 0.6 is 15.9 Å². The van der Waals surface area contributed by atoms with Gasteiger partial charge in [0.15, 0.2) is 11.5 Å². The van der Waals surface area contributed by atoms with Crippen molar-refractivity contribution in [3.63, 3.8) is 0 Å². The second-order valence-electron chi connectivity index (χ2n) is 5.41. The summed E-state index contributed by atoms with van der Waals surface area (Å²) in [5.41, 5.74) is 1.16. The van der Waals surface area contributed by atoms with Crippen LogP contribution in [0.25, 0.3) is 0 Å². The first-order valence-electron chi connectivity index (χ1n) is 7.90. The Bertz CT molecular complexity index is 438. The minimum Gasteiger partial charge on any atom is -0.493 e. The summed E-state index contributed by atoms with van der Waals surface area (Å²) in [6.07, 6.45) is 2.28. The van der Waals surface area contributed by atoms with Crippen LogP contribution < -0.4 is 14.8 Å². The van der Waals surface area contributed by atoms with Gasteiger partial charge in [-0.05, 0) is 66.9 Å². The monoisotopic (exact) mass is 373 g/mol. The van der Waals surface area contributed by atoms with Crippen molar-refractivity contribution in [2.75, 3.05) is 26.9 Å². The Labute approximate surface area is 142 Å². The number of hydrogen-bond acceptors (Lipinski definition) is 4. The molecule has 0 atom stereocenters. The van der Waals surface area contributed by atoms with E-state index < -0.39 is 0 Å². The fourth-order valence-corrected chi connectivity index (χ4v) is 2.57. The molecule has 1 aromatic carbocycles. The number of benzene rings is 1. The Balaban J connectivity index is 2.48. The number of hydrogen-bond donors (Lipinski definition) is 1. The van der Waals surface area contributed by atoms with Gasteiger partial charge < -0.3 is 19.5 Å². The lowest BCUT2D eigenvalue weighted by Gasteiger charge is -2.14. The van der Waals surface area contributed by atoms with Crippen molar-refractivity contribution in [1.29, 1.82) is 0 Å². The fraction of sp³-hybridized carbons (Fsp3) is 0.647. The zero-order valence-corrected chi connectivity index (χ0v) is 15.7. The number of halogens is 1. The summed E-state index contributed by atoms with van der Waals surface area (Å²) in [7, 11) is 1.67. The number of ether oxygens (including phenoxy) is 3. The zero-order chi connectivity index (χ0) is 16.4. The largest absolute Gasteiger partial charge is 0.493 e. The predicted octanol–water partition coefficient (Wildman–Crippen LogP) is 4.15. The van der Waals surface area contributed by atoms with Crippen molar-refractivity contribution in [2.24, 2.45) is 0 Å². The Morgan fingerprint density at radius 3 is 2.64 bits per heavy atom. The van der Waals surface area contributed by atoms with E-state index in [2.05, 4.69) is 48.1 Å². The molecular formula is C17H28BrNO3. The van der Waals surface area contributed by atoms with Crippen molar-refractivity contribution in [3.8, 4) is 11.5 Å². The first-order valence-corrected chi connectivity index (χ1v) is 8.69. The third-order valence-electron chi connectivity index (χ3n) is 3.02. The van der Waals surface area contributed by atoms with Crippen molar-refractivity contribution in [2.45, 2.75) is 46.3 Å². The van der Waals surface area contributed by atoms with Gasteiger partial charge >= 0.3 is 0 Å². The molecular weight excluding hydrogens is 346 g/mol. The third kappa shape index (κ3) is 6.99. The lowest BCUT2D eigenvalue weighted by molar-refractivity contribution is 0.0770. The van der Waals surface area contributed by atoms with Gasteiger partial charge in [0, 0.05) is 13.2 Å². The molecule has 0 aliphatic heterocycles. The van der Waals surface area contributed by atoms with Crippen LogP contribution in [-0.4, -0.2) is 33.0 Å². The maximum Gasteiger partial charge on any atom is 0.175 e. The zero-order valence-electron chi connectivity index (χ0n) is 14.1. The molecule has 0 bridgehead atoms. The van der Waals surface area contributed by atoms with Gasteiger partial charge in [0.05, 0.1) is 24.3 Å². The van der Waals surface area contributed by atoms with E-state index in [-0.39, 0.29) is 0 Å². The van der Waals surface area contributed by atoms with Crippen LogP contribution in [0.5, 0.6) is 11.5 Å². The van der Waals surface area contributed by atoms with Gasteiger partial charge in [-0.3, -0.25) is 0 Å². The maximum atomic E-state index is 5.73. The Morgan fingerprint density at radius 2 is 2.00 bits per heavy atom. The molecule has 0 unspecified atom stereocenters. The van der Waals surface area contributed by atoms with Crippen molar-refractivity contribution in [3.05, 3.63) is 22.2 Å². The van der Waals surface area contributed by atoms with E-state index in [0.29, 0.717) is 12.7 Å². The van der Waals surface area contributed by atoms with Gasteiger partial charge in [-0.25, -0.2) is 0 Å². The SMILES string of the molecule is CCCOc1c(Br)cc(CNCCCOC(C)C)cc1OC. The van der Waals surface area contributed by atoms with E-state index in [1.54, 1.807) is 7.11 Å². The molecule has 5 heteroatoms. The van der Waals surface area contributed by atoms with Crippen molar-refractivity contribution >= 4 is 15.9 Å². The number of nitrogens with one attached hydrogen (secondary N) is 1. The van der Waals surface area contributed by atoms with Crippen molar-refractivity contribution in [1.82, 2.24) is 5.32 Å². The highest BCUT2D eigenvalue weighted by atomic mass is 79.9. The normalized spacial score (nSPS) is 11.0. The van der Waals surface area contributed by atoms with Crippen LogP contribution in [0.3, 0.4) is 0 Å². The minimum absolute atomic E-state index is 0.302. The summed E-state index contributed by atoms with van der Waals surface area (Å²) in [4.78, 5) is 0. The first kappa shape index (κ1) is 19.3. The van der Waals surface area contributed by atoms with Gasteiger partial charge in [-0.1, -0.05) is 6.92 Å². The van der Waals surface area contributed by atoms with Gasteiger partial charge in [0.25, 0.3) is 0 Å². The molecule has 1 N–H and O–H groups in total. The van der Waals surface area contributed by atoms with Gasteiger partial charge in [0.1, 0.15) is 0 Å². The van der Waals surface area contributed by atoms with Crippen LogP contribution in [0.1, 0.15) is 39.2 Å². The second-order valence-corrected chi connectivity index (χ2v) is 6.26. The molecule has 0 fully saturated rings. The Kier molecular flexibility index (Phi) is 9.52. The molecule has 0 aliphatic carbocycles. The smallest absolute Gasteiger partial charge is 0.175 e. The summed E-state index contributed by atoms with van der Waals surface area (Å²) in [6, 6.07) is 4.10. The average molecular weight is 374 g/mol. The lowest BCUT2D eigenvalue weighted by atomic mass is 10.2. The quantitative estimate of drug-likeness (QED) is 0.591. The van der Waals surface area contributed by atoms with Gasteiger partial charge in [-0.2, -0.15) is 0 Å². The van der Waals surface area contributed by atoms with E-state index in [9.17, 15) is 0 Å². The minimum atomic E-state index is 0.302. The van der Waals surface area contributed by atoms with Gasteiger partial charge in [0.2, 0.25) is 0 Å². The second kappa shape index (κ2) is 10.9. The topological polar surface area (TPSA) is 39.7 Å². The van der Waals surface area contributed by atoms with Crippen LogP contribution in [0, 0.1) is 0 Å². The Morgan fingerprint density at radius 1 is 1.23 bits per heavy atom. The molecule has 0 saturated heterocycles. The Hall–Kier alpha value is -0.780. The lowest BCUT2D eigenvalue weighted by Crippen LogP contribution is -2.17. The summed E-state index contributed by atoms with van der Waals surface area (Å²) in [5, 5.41) is 3.42. The highest BCUT2D eigenvalue weighted by Crippen LogP contribution is 2.36. The molecule has 1 rings (SSSR count). The molecule has 0 aromatic heterocycles. The highest BCUT2D eigenvalue weighted by Gasteiger charge is 2.11. The van der Waals surface area contributed by atoms with E-state index in [0.717, 1.165) is 54.1 Å². The van der Waals surface area contributed by atoms with E-state index in [4.69, 9.17) is 14.2 Å². The van der Waals surface area contributed by atoms with Gasteiger partial charge in [-0.15, -0.1) is 0 Å². The highest BCUT2D eigenvalue weighted by molar-refractivity contribution is 9.10. The molecule has 0 radical (unpaired) electrons. The number of methoxy groups -OCH3 is 1. The molecule has 126 valence electrons. The van der Waals surface area contributed by atoms with Crippen LogP contribution in [0.4, 0.5) is 0 Å². The van der Waals surface area contributed by atoms with E-state index in [1.807, 2.05) is 6.07 Å². The first-order chi connectivity index (χ1) is 10.6. The molecule has 0 amide bonds. The van der Waals surface area contributed by atoms with Crippen LogP contribution in [0.15, 0.2) is 16.6 Å². The van der Waals surface area contributed by atoms with Crippen LogP contribution in [-0.2, 0) is 11.3 Å². The molecule has 22 heavy (non-hydrogen) atoms. The van der Waals surface area contributed by atoms with E-state index >= 15 is 0 Å². The summed E-state index contributed by atoms with van der Waals surface area (Å²) in [5.74, 6) is 1.54. The number of rotatable bonds is 11. The summed E-state index contributed by atoms with van der Waals surface area (Å²) in [6.45, 7) is 9.40. The molecule has 1 aromatic rings. The van der Waals surface area contributed by atoms with E-state index in [1.165, 1.54) is 0 Å². The fourth-order valence-electron chi connectivity index (χ4n) is 1.97. The molecule has 0 aliphatic rings. The predicted molar refractivity (Wildman–Crippen MR) is 93.9 cm³/mol.